The average molecular weight is 312 g/mol. The van der Waals surface area contributed by atoms with Gasteiger partial charge in [0.05, 0.1) is 11.5 Å². The Hall–Kier alpha value is -2.31. The van der Waals surface area contributed by atoms with E-state index in [1.165, 1.54) is 12.1 Å². The molecule has 1 aromatic rings. The summed E-state index contributed by atoms with van der Waals surface area (Å²) in [7, 11) is 0. The number of carbonyl (C=O) groups is 2. The molecule has 1 N–H and O–H groups in total. The zero-order valence-corrected chi connectivity index (χ0v) is 11.4. The second-order valence-corrected chi connectivity index (χ2v) is 5.04. The van der Waals surface area contributed by atoms with Crippen molar-refractivity contribution in [2.75, 3.05) is 5.32 Å². The van der Waals surface area contributed by atoms with E-state index in [4.69, 9.17) is 0 Å². The molecule has 0 saturated heterocycles. The summed E-state index contributed by atoms with van der Waals surface area (Å²) in [6.07, 6.45) is -0.807. The minimum Gasteiger partial charge on any atom is -0.550 e. The number of halogens is 3. The predicted octanol–water partition coefficient (Wildman–Crippen LogP) is 1.98. The number of rotatable bonds is 3. The van der Waals surface area contributed by atoms with Crippen LogP contribution in [0.2, 0.25) is 0 Å². The molecular weight excluding hydrogens is 299 g/mol. The van der Waals surface area contributed by atoms with Crippen LogP contribution in [-0.2, 0) is 15.8 Å². The molecule has 118 valence electrons. The Morgan fingerprint density at radius 2 is 1.77 bits per heavy atom. The molecule has 0 saturated carbocycles. The van der Waals surface area contributed by atoms with Gasteiger partial charge in [-0.15, -0.1) is 0 Å². The molecule has 1 aliphatic rings. The SMILES string of the molecule is O=C([O-])[C@@H]1CC=CC[C@H]1C(=O)Nc1cccc(C(F)(F)F)c1. The van der Waals surface area contributed by atoms with Crippen LogP contribution in [0, 0.1) is 11.8 Å². The molecule has 0 heterocycles. The van der Waals surface area contributed by atoms with Crippen LogP contribution < -0.4 is 10.4 Å². The van der Waals surface area contributed by atoms with E-state index >= 15 is 0 Å². The summed E-state index contributed by atoms with van der Waals surface area (Å²) in [5, 5.41) is 13.4. The largest absolute Gasteiger partial charge is 0.550 e. The number of hydrogen-bond donors (Lipinski definition) is 1. The Bertz CT molecular complexity index is 610. The molecule has 7 heteroatoms. The molecule has 0 unspecified atom stereocenters. The lowest BCUT2D eigenvalue weighted by Gasteiger charge is -2.28. The normalized spacial score (nSPS) is 21.4. The fraction of sp³-hybridized carbons (Fsp3) is 0.333. The molecule has 0 fully saturated rings. The molecule has 0 bridgehead atoms. The molecule has 22 heavy (non-hydrogen) atoms. The third kappa shape index (κ3) is 3.66. The Kier molecular flexibility index (Phi) is 4.54. The van der Waals surface area contributed by atoms with E-state index in [0.717, 1.165) is 12.1 Å². The standard InChI is InChI=1S/C15H14F3NO3/c16-15(17,18)9-4-3-5-10(8-9)19-13(20)11-6-1-2-7-12(11)14(21)22/h1-5,8,11-12H,6-7H2,(H,19,20)(H,21,22)/p-1/t11-,12-/m1/s1. The van der Waals surface area contributed by atoms with Crippen molar-refractivity contribution in [3.8, 4) is 0 Å². The van der Waals surface area contributed by atoms with Crippen molar-refractivity contribution in [3.63, 3.8) is 0 Å². The number of allylic oxidation sites excluding steroid dienone is 2. The molecule has 0 aliphatic heterocycles. The predicted molar refractivity (Wildman–Crippen MR) is 70.4 cm³/mol. The number of amides is 1. The van der Waals surface area contributed by atoms with Crippen molar-refractivity contribution in [3.05, 3.63) is 42.0 Å². The highest BCUT2D eigenvalue weighted by Gasteiger charge is 2.32. The van der Waals surface area contributed by atoms with Crippen molar-refractivity contribution >= 4 is 17.6 Å². The number of carboxylic acid groups (broad SMARTS) is 1. The van der Waals surface area contributed by atoms with E-state index in [-0.39, 0.29) is 18.5 Å². The molecule has 0 radical (unpaired) electrons. The Labute approximate surface area is 124 Å². The van der Waals surface area contributed by atoms with E-state index in [9.17, 15) is 27.9 Å². The molecule has 0 aromatic heterocycles. The highest BCUT2D eigenvalue weighted by molar-refractivity contribution is 5.95. The van der Waals surface area contributed by atoms with Gasteiger partial charge in [-0.05, 0) is 31.0 Å². The fourth-order valence-corrected chi connectivity index (χ4v) is 2.37. The van der Waals surface area contributed by atoms with Crippen molar-refractivity contribution in [2.45, 2.75) is 19.0 Å². The zero-order valence-electron chi connectivity index (χ0n) is 11.4. The van der Waals surface area contributed by atoms with Gasteiger partial charge in [0, 0.05) is 17.6 Å². The third-order valence-electron chi connectivity index (χ3n) is 3.53. The van der Waals surface area contributed by atoms with Gasteiger partial charge in [0.25, 0.3) is 0 Å². The quantitative estimate of drug-likeness (QED) is 0.868. The monoisotopic (exact) mass is 312 g/mol. The first-order valence-corrected chi connectivity index (χ1v) is 6.63. The van der Waals surface area contributed by atoms with Crippen LogP contribution in [0.4, 0.5) is 18.9 Å². The van der Waals surface area contributed by atoms with Crippen LogP contribution >= 0.6 is 0 Å². The van der Waals surface area contributed by atoms with E-state index in [0.29, 0.717) is 0 Å². The fourth-order valence-electron chi connectivity index (χ4n) is 2.37. The lowest BCUT2D eigenvalue weighted by molar-refractivity contribution is -0.313. The third-order valence-corrected chi connectivity index (χ3v) is 3.53. The van der Waals surface area contributed by atoms with E-state index < -0.39 is 35.5 Å². The number of benzene rings is 1. The van der Waals surface area contributed by atoms with Crippen LogP contribution in [0.3, 0.4) is 0 Å². The Morgan fingerprint density at radius 3 is 2.36 bits per heavy atom. The van der Waals surface area contributed by atoms with Gasteiger partial charge in [-0.3, -0.25) is 4.79 Å². The highest BCUT2D eigenvalue weighted by Crippen LogP contribution is 2.31. The van der Waals surface area contributed by atoms with Crippen LogP contribution in [0.15, 0.2) is 36.4 Å². The van der Waals surface area contributed by atoms with Crippen molar-refractivity contribution < 1.29 is 27.9 Å². The number of alkyl halides is 3. The van der Waals surface area contributed by atoms with Crippen LogP contribution in [-0.4, -0.2) is 11.9 Å². The summed E-state index contributed by atoms with van der Waals surface area (Å²) in [6, 6.07) is 4.20. The lowest BCUT2D eigenvalue weighted by atomic mass is 9.82. The summed E-state index contributed by atoms with van der Waals surface area (Å²) in [5.74, 6) is -3.80. The summed E-state index contributed by atoms with van der Waals surface area (Å²) in [5.41, 5.74) is -0.906. The Balaban J connectivity index is 2.15. The molecule has 2 atom stereocenters. The molecule has 0 spiro atoms. The number of nitrogens with one attached hydrogen (secondary N) is 1. The second-order valence-electron chi connectivity index (χ2n) is 5.04. The summed E-state index contributed by atoms with van der Waals surface area (Å²) in [6.45, 7) is 0. The minimum absolute atomic E-state index is 0.0218. The lowest BCUT2D eigenvalue weighted by Crippen LogP contribution is -2.41. The van der Waals surface area contributed by atoms with Crippen molar-refractivity contribution in [2.24, 2.45) is 11.8 Å². The molecule has 1 aromatic carbocycles. The van der Waals surface area contributed by atoms with Gasteiger partial charge in [-0.25, -0.2) is 0 Å². The summed E-state index contributed by atoms with van der Waals surface area (Å²) in [4.78, 5) is 23.2. The first-order chi connectivity index (χ1) is 10.3. The maximum atomic E-state index is 12.6. The van der Waals surface area contributed by atoms with Gasteiger partial charge >= 0.3 is 6.18 Å². The Morgan fingerprint density at radius 1 is 1.14 bits per heavy atom. The highest BCUT2D eigenvalue weighted by atomic mass is 19.4. The number of carboxylic acids is 1. The first kappa shape index (κ1) is 16.1. The van der Waals surface area contributed by atoms with E-state index in [2.05, 4.69) is 5.32 Å². The average Bonchev–Trinajstić information content (AvgIpc) is 2.46. The number of carbonyl (C=O) groups excluding carboxylic acids is 2. The van der Waals surface area contributed by atoms with Crippen molar-refractivity contribution in [1.29, 1.82) is 0 Å². The number of hydrogen-bond acceptors (Lipinski definition) is 3. The summed E-state index contributed by atoms with van der Waals surface area (Å²) >= 11 is 0. The number of aliphatic carboxylic acids is 1. The molecule has 4 nitrogen and oxygen atoms in total. The minimum atomic E-state index is -4.51. The first-order valence-electron chi connectivity index (χ1n) is 6.63. The number of anilines is 1. The summed E-state index contributed by atoms with van der Waals surface area (Å²) < 4.78 is 37.9. The molecule has 1 amide bonds. The van der Waals surface area contributed by atoms with Gasteiger partial charge in [0.2, 0.25) is 5.91 Å². The van der Waals surface area contributed by atoms with Gasteiger partial charge in [-0.1, -0.05) is 18.2 Å². The molecule has 1 aliphatic carbocycles. The molecular formula is C15H13F3NO3-. The molecule has 2 rings (SSSR count). The van der Waals surface area contributed by atoms with Gasteiger partial charge in [-0.2, -0.15) is 13.2 Å². The van der Waals surface area contributed by atoms with Crippen molar-refractivity contribution in [1.82, 2.24) is 0 Å². The smallest absolute Gasteiger partial charge is 0.416 e. The van der Waals surface area contributed by atoms with Crippen LogP contribution in [0.25, 0.3) is 0 Å². The van der Waals surface area contributed by atoms with Gasteiger partial charge in [0.1, 0.15) is 0 Å². The second kappa shape index (κ2) is 6.21. The topological polar surface area (TPSA) is 69.2 Å². The van der Waals surface area contributed by atoms with Crippen LogP contribution in [0.1, 0.15) is 18.4 Å². The van der Waals surface area contributed by atoms with Crippen LogP contribution in [0.5, 0.6) is 0 Å². The van der Waals surface area contributed by atoms with Gasteiger partial charge < -0.3 is 15.2 Å². The zero-order chi connectivity index (χ0) is 16.3. The van der Waals surface area contributed by atoms with E-state index in [1.54, 1.807) is 12.2 Å². The maximum absolute atomic E-state index is 12.6. The van der Waals surface area contributed by atoms with Gasteiger partial charge in [0.15, 0.2) is 0 Å². The van der Waals surface area contributed by atoms with E-state index in [1.807, 2.05) is 0 Å². The maximum Gasteiger partial charge on any atom is 0.416 e.